The van der Waals surface area contributed by atoms with E-state index < -0.39 is 27.1 Å². The number of halogens is 2. The van der Waals surface area contributed by atoms with Crippen LogP contribution in [-0.4, -0.2) is 41.5 Å². The normalized spacial score (nSPS) is 20.8. The SMILES string of the molecule is CN1C(=N)N[C@](C)(c2cc(Nc3nccc4cc(Cl)cnc34)ccc2F)CS1(=O)=O. The van der Waals surface area contributed by atoms with Crippen LogP contribution in [0.25, 0.3) is 10.9 Å². The van der Waals surface area contributed by atoms with Crippen LogP contribution in [0.2, 0.25) is 5.02 Å². The number of aromatic nitrogens is 2. The molecule has 0 bridgehead atoms. The summed E-state index contributed by atoms with van der Waals surface area (Å²) >= 11 is 5.99. The van der Waals surface area contributed by atoms with Gasteiger partial charge < -0.3 is 10.6 Å². The second-order valence-corrected chi connectivity index (χ2v) is 9.67. The first-order valence-electron chi connectivity index (χ1n) is 8.90. The highest BCUT2D eigenvalue weighted by atomic mass is 35.5. The van der Waals surface area contributed by atoms with Crippen LogP contribution in [0.3, 0.4) is 0 Å². The highest BCUT2D eigenvalue weighted by Gasteiger charge is 2.43. The highest BCUT2D eigenvalue weighted by molar-refractivity contribution is 7.89. The average molecular weight is 449 g/mol. The maximum Gasteiger partial charge on any atom is 0.239 e. The fourth-order valence-corrected chi connectivity index (χ4v) is 5.05. The van der Waals surface area contributed by atoms with Crippen LogP contribution in [0, 0.1) is 11.2 Å². The zero-order valence-corrected chi connectivity index (χ0v) is 17.6. The molecule has 0 amide bonds. The first-order valence-corrected chi connectivity index (χ1v) is 10.9. The number of hydrogen-bond donors (Lipinski definition) is 3. The van der Waals surface area contributed by atoms with E-state index in [1.54, 1.807) is 25.3 Å². The van der Waals surface area contributed by atoms with E-state index in [0.717, 1.165) is 9.69 Å². The van der Waals surface area contributed by atoms with Gasteiger partial charge in [-0.3, -0.25) is 10.4 Å². The minimum Gasteiger partial charge on any atom is -0.345 e. The molecule has 3 aromatic rings. The standard InChI is InChI=1S/C19H18ClFN6O2S/c1-19(10-30(28,29)27(2)18(22)26-19)14-8-13(3-4-15(14)21)25-17-16-11(5-6-23-17)7-12(20)9-24-16/h3-9H,10H2,1-2H3,(H2,22,26)(H,23,25)/t19-/m0/s1. The maximum absolute atomic E-state index is 14.7. The quantitative estimate of drug-likeness (QED) is 0.567. The van der Waals surface area contributed by atoms with E-state index in [0.29, 0.717) is 22.0 Å². The van der Waals surface area contributed by atoms with Crippen molar-refractivity contribution < 1.29 is 12.8 Å². The van der Waals surface area contributed by atoms with Gasteiger partial charge in [-0.05, 0) is 37.3 Å². The fraction of sp³-hybridized carbons (Fsp3) is 0.211. The smallest absolute Gasteiger partial charge is 0.239 e. The molecule has 0 radical (unpaired) electrons. The Morgan fingerprint density at radius 1 is 1.30 bits per heavy atom. The molecule has 0 saturated carbocycles. The van der Waals surface area contributed by atoms with Crippen LogP contribution in [0.5, 0.6) is 0 Å². The molecule has 1 aliphatic rings. The maximum atomic E-state index is 14.7. The molecule has 0 spiro atoms. The van der Waals surface area contributed by atoms with Gasteiger partial charge in [0.1, 0.15) is 11.3 Å². The molecule has 1 aromatic carbocycles. The molecule has 4 rings (SSSR count). The van der Waals surface area contributed by atoms with Gasteiger partial charge in [-0.2, -0.15) is 0 Å². The summed E-state index contributed by atoms with van der Waals surface area (Å²) in [5, 5.41) is 15.1. The van der Waals surface area contributed by atoms with Gasteiger partial charge in [0.2, 0.25) is 16.0 Å². The Labute approximate surface area is 177 Å². The number of guanidine groups is 1. The third-order valence-electron chi connectivity index (χ3n) is 4.99. The first-order chi connectivity index (χ1) is 14.1. The summed E-state index contributed by atoms with van der Waals surface area (Å²) in [5.41, 5.74) is -0.123. The predicted octanol–water partition coefficient (Wildman–Crippen LogP) is 3.18. The van der Waals surface area contributed by atoms with Crippen LogP contribution in [0.15, 0.2) is 42.7 Å². The lowest BCUT2D eigenvalue weighted by molar-refractivity contribution is 0.403. The molecule has 1 saturated heterocycles. The molecule has 11 heteroatoms. The molecular weight excluding hydrogens is 431 g/mol. The predicted molar refractivity (Wildman–Crippen MR) is 114 cm³/mol. The highest BCUT2D eigenvalue weighted by Crippen LogP contribution is 2.33. The van der Waals surface area contributed by atoms with E-state index in [2.05, 4.69) is 20.6 Å². The molecule has 0 aliphatic carbocycles. The number of anilines is 2. The monoisotopic (exact) mass is 448 g/mol. The Morgan fingerprint density at radius 3 is 2.80 bits per heavy atom. The molecule has 1 aliphatic heterocycles. The molecule has 30 heavy (non-hydrogen) atoms. The molecular formula is C19H18ClFN6O2S. The fourth-order valence-electron chi connectivity index (χ4n) is 3.41. The van der Waals surface area contributed by atoms with Crippen molar-refractivity contribution in [2.75, 3.05) is 18.1 Å². The Hall–Kier alpha value is -2.98. The summed E-state index contributed by atoms with van der Waals surface area (Å²) in [6, 6.07) is 7.80. The summed E-state index contributed by atoms with van der Waals surface area (Å²) in [6.07, 6.45) is 3.10. The van der Waals surface area contributed by atoms with E-state index in [4.69, 9.17) is 17.0 Å². The van der Waals surface area contributed by atoms with Crippen molar-refractivity contribution in [3.63, 3.8) is 0 Å². The Morgan fingerprint density at radius 2 is 2.07 bits per heavy atom. The number of pyridine rings is 2. The second-order valence-electron chi connectivity index (χ2n) is 7.23. The number of hydrogen-bond acceptors (Lipinski definition) is 6. The summed E-state index contributed by atoms with van der Waals surface area (Å²) in [5.74, 6) is -0.855. The minimum absolute atomic E-state index is 0.116. The molecule has 8 nitrogen and oxygen atoms in total. The molecule has 3 heterocycles. The summed E-state index contributed by atoms with van der Waals surface area (Å²) < 4.78 is 40.4. The van der Waals surface area contributed by atoms with Crippen LogP contribution in [0.1, 0.15) is 12.5 Å². The lowest BCUT2D eigenvalue weighted by atomic mass is 9.93. The number of sulfonamides is 1. The van der Waals surface area contributed by atoms with Gasteiger partial charge in [-0.15, -0.1) is 0 Å². The lowest BCUT2D eigenvalue weighted by Crippen LogP contribution is -2.61. The van der Waals surface area contributed by atoms with E-state index in [-0.39, 0.29) is 11.5 Å². The van der Waals surface area contributed by atoms with Gasteiger partial charge in [-0.1, -0.05) is 11.6 Å². The Kier molecular flexibility index (Phi) is 4.78. The molecule has 3 N–H and O–H groups in total. The van der Waals surface area contributed by atoms with Crippen LogP contribution in [0.4, 0.5) is 15.9 Å². The van der Waals surface area contributed by atoms with E-state index in [9.17, 15) is 12.8 Å². The zero-order valence-electron chi connectivity index (χ0n) is 16.1. The van der Waals surface area contributed by atoms with Gasteiger partial charge in [0.25, 0.3) is 0 Å². The number of fused-ring (bicyclic) bond motifs is 1. The van der Waals surface area contributed by atoms with Crippen molar-refractivity contribution in [2.45, 2.75) is 12.5 Å². The Bertz CT molecular complexity index is 1290. The topological polar surface area (TPSA) is 111 Å². The molecule has 156 valence electrons. The number of benzene rings is 1. The third kappa shape index (κ3) is 3.52. The van der Waals surface area contributed by atoms with E-state index in [1.165, 1.54) is 31.4 Å². The number of nitrogens with zero attached hydrogens (tertiary/aromatic N) is 3. The van der Waals surface area contributed by atoms with Gasteiger partial charge in [0.15, 0.2) is 5.82 Å². The molecule has 2 aromatic heterocycles. The Balaban J connectivity index is 1.74. The third-order valence-corrected chi connectivity index (χ3v) is 7.15. The van der Waals surface area contributed by atoms with Crippen LogP contribution < -0.4 is 10.6 Å². The van der Waals surface area contributed by atoms with Crippen molar-refractivity contribution in [3.05, 3.63) is 59.1 Å². The number of rotatable bonds is 3. The van der Waals surface area contributed by atoms with Crippen molar-refractivity contribution in [1.29, 1.82) is 5.41 Å². The lowest BCUT2D eigenvalue weighted by Gasteiger charge is -2.40. The molecule has 1 fully saturated rings. The van der Waals surface area contributed by atoms with E-state index >= 15 is 0 Å². The van der Waals surface area contributed by atoms with Gasteiger partial charge >= 0.3 is 0 Å². The summed E-state index contributed by atoms with van der Waals surface area (Å²) in [6.45, 7) is 1.55. The number of nitrogens with one attached hydrogen (secondary N) is 3. The first kappa shape index (κ1) is 20.3. The minimum atomic E-state index is -3.76. The van der Waals surface area contributed by atoms with Gasteiger partial charge in [0, 0.05) is 36.1 Å². The van der Waals surface area contributed by atoms with Crippen molar-refractivity contribution in [2.24, 2.45) is 0 Å². The van der Waals surface area contributed by atoms with Crippen LogP contribution >= 0.6 is 11.6 Å². The average Bonchev–Trinajstić information content (AvgIpc) is 2.67. The zero-order chi connectivity index (χ0) is 21.7. The summed E-state index contributed by atoms with van der Waals surface area (Å²) in [7, 11) is -2.48. The van der Waals surface area contributed by atoms with Crippen molar-refractivity contribution >= 4 is 50.0 Å². The van der Waals surface area contributed by atoms with Crippen molar-refractivity contribution in [3.8, 4) is 0 Å². The van der Waals surface area contributed by atoms with Gasteiger partial charge in [0.05, 0.1) is 16.3 Å². The second kappa shape index (κ2) is 7.06. The van der Waals surface area contributed by atoms with Gasteiger partial charge in [-0.25, -0.2) is 22.1 Å². The van der Waals surface area contributed by atoms with Crippen molar-refractivity contribution in [1.82, 2.24) is 19.6 Å². The summed E-state index contributed by atoms with van der Waals surface area (Å²) in [4.78, 5) is 8.60. The van der Waals surface area contributed by atoms with E-state index in [1.807, 2.05) is 0 Å². The molecule has 0 unspecified atom stereocenters. The largest absolute Gasteiger partial charge is 0.345 e. The van der Waals surface area contributed by atoms with Crippen LogP contribution in [-0.2, 0) is 15.6 Å². The molecule has 1 atom stereocenters.